The fraction of sp³-hybridized carbons (Fsp3) is 0.611. The highest BCUT2D eigenvalue weighted by atomic mass is 19.1. The van der Waals surface area contributed by atoms with Crippen LogP contribution in [-0.2, 0) is 10.2 Å². The van der Waals surface area contributed by atoms with Crippen molar-refractivity contribution in [2.45, 2.75) is 44.4 Å². The van der Waals surface area contributed by atoms with Crippen molar-refractivity contribution in [1.82, 2.24) is 10.6 Å². The van der Waals surface area contributed by atoms with Gasteiger partial charge in [-0.2, -0.15) is 0 Å². The van der Waals surface area contributed by atoms with Crippen LogP contribution in [0, 0.1) is 11.2 Å². The van der Waals surface area contributed by atoms with Gasteiger partial charge in [0.05, 0.1) is 5.41 Å². The van der Waals surface area contributed by atoms with Crippen molar-refractivity contribution in [3.05, 3.63) is 35.6 Å². The lowest BCUT2D eigenvalue weighted by Crippen LogP contribution is -2.52. The second-order valence-corrected chi connectivity index (χ2v) is 7.19. The van der Waals surface area contributed by atoms with Crippen LogP contribution in [0.2, 0.25) is 0 Å². The van der Waals surface area contributed by atoms with E-state index in [1.807, 2.05) is 6.07 Å². The van der Waals surface area contributed by atoms with Gasteiger partial charge in [-0.1, -0.05) is 25.5 Å². The van der Waals surface area contributed by atoms with Gasteiger partial charge >= 0.3 is 0 Å². The average molecular weight is 304 g/mol. The zero-order chi connectivity index (χ0) is 15.6. The fourth-order valence-corrected chi connectivity index (χ4v) is 3.63. The van der Waals surface area contributed by atoms with E-state index in [4.69, 9.17) is 0 Å². The molecule has 2 aliphatic rings. The summed E-state index contributed by atoms with van der Waals surface area (Å²) in [4.78, 5) is 12.8. The number of benzene rings is 1. The van der Waals surface area contributed by atoms with E-state index in [0.717, 1.165) is 50.8 Å². The minimum Gasteiger partial charge on any atom is -0.355 e. The number of piperidine rings is 1. The maximum atomic E-state index is 13.5. The summed E-state index contributed by atoms with van der Waals surface area (Å²) in [5.41, 5.74) is 0.491. The molecule has 1 saturated carbocycles. The molecule has 0 spiro atoms. The highest BCUT2D eigenvalue weighted by Crippen LogP contribution is 2.44. The Morgan fingerprint density at radius 1 is 1.27 bits per heavy atom. The van der Waals surface area contributed by atoms with Gasteiger partial charge in [0, 0.05) is 6.54 Å². The molecule has 1 aromatic rings. The SMILES string of the molecule is CC1(CNC(=O)C2(c3cccc(F)c3)CCC2)CCNCC1. The largest absolute Gasteiger partial charge is 0.355 e. The third-order valence-electron chi connectivity index (χ3n) is 5.51. The van der Waals surface area contributed by atoms with Gasteiger partial charge in [0.1, 0.15) is 5.82 Å². The van der Waals surface area contributed by atoms with E-state index >= 15 is 0 Å². The third-order valence-corrected chi connectivity index (χ3v) is 5.51. The highest BCUT2D eigenvalue weighted by molar-refractivity contribution is 5.89. The standard InChI is InChI=1S/C18H25FN2O/c1-17(8-10-20-11-9-17)13-21-16(22)18(6-3-7-18)14-4-2-5-15(19)12-14/h2,4-5,12,20H,3,6-11,13H2,1H3,(H,21,22). The highest BCUT2D eigenvalue weighted by Gasteiger charge is 2.46. The van der Waals surface area contributed by atoms with Crippen LogP contribution in [0.5, 0.6) is 0 Å². The van der Waals surface area contributed by atoms with E-state index in [-0.39, 0.29) is 17.1 Å². The predicted octanol–water partition coefficient (Wildman–Crippen LogP) is 2.75. The molecule has 0 unspecified atom stereocenters. The molecule has 2 fully saturated rings. The van der Waals surface area contributed by atoms with Crippen molar-refractivity contribution in [2.24, 2.45) is 5.41 Å². The minimum absolute atomic E-state index is 0.0732. The fourth-order valence-electron chi connectivity index (χ4n) is 3.63. The second kappa shape index (κ2) is 5.99. The second-order valence-electron chi connectivity index (χ2n) is 7.19. The van der Waals surface area contributed by atoms with Gasteiger partial charge in [0.2, 0.25) is 5.91 Å². The van der Waals surface area contributed by atoms with E-state index in [1.54, 1.807) is 6.07 Å². The molecule has 0 bridgehead atoms. The molecule has 3 nitrogen and oxygen atoms in total. The van der Waals surface area contributed by atoms with Crippen LogP contribution in [0.15, 0.2) is 24.3 Å². The molecule has 0 radical (unpaired) electrons. The number of hydrogen-bond donors (Lipinski definition) is 2. The Labute approximate surface area is 131 Å². The van der Waals surface area contributed by atoms with Gasteiger partial charge in [0.25, 0.3) is 0 Å². The normalized spacial score (nSPS) is 22.6. The number of nitrogens with one attached hydrogen (secondary N) is 2. The molecule has 1 saturated heterocycles. The molecule has 0 atom stereocenters. The Balaban J connectivity index is 1.69. The Bertz CT molecular complexity index is 548. The summed E-state index contributed by atoms with van der Waals surface area (Å²) < 4.78 is 13.5. The first-order valence-corrected chi connectivity index (χ1v) is 8.29. The number of hydrogen-bond acceptors (Lipinski definition) is 2. The first-order valence-electron chi connectivity index (χ1n) is 8.29. The zero-order valence-corrected chi connectivity index (χ0v) is 13.3. The average Bonchev–Trinajstić information content (AvgIpc) is 2.45. The maximum absolute atomic E-state index is 13.5. The van der Waals surface area contributed by atoms with Crippen LogP contribution in [0.4, 0.5) is 4.39 Å². The summed E-state index contributed by atoms with van der Waals surface area (Å²) in [6.45, 7) is 4.98. The molecular formula is C18H25FN2O. The number of carbonyl (C=O) groups is 1. The van der Waals surface area contributed by atoms with Crippen molar-refractivity contribution >= 4 is 5.91 Å². The number of carbonyl (C=O) groups excluding carboxylic acids is 1. The van der Waals surface area contributed by atoms with Crippen LogP contribution in [0.25, 0.3) is 0 Å². The molecule has 1 heterocycles. The summed E-state index contributed by atoms with van der Waals surface area (Å²) in [6, 6.07) is 6.54. The number of halogens is 1. The van der Waals surface area contributed by atoms with Gasteiger partial charge in [-0.15, -0.1) is 0 Å². The van der Waals surface area contributed by atoms with E-state index in [2.05, 4.69) is 17.6 Å². The number of amides is 1. The predicted molar refractivity (Wildman–Crippen MR) is 85.1 cm³/mol. The summed E-state index contributed by atoms with van der Waals surface area (Å²) in [7, 11) is 0. The van der Waals surface area contributed by atoms with E-state index in [0.29, 0.717) is 6.54 Å². The third kappa shape index (κ3) is 2.89. The molecule has 2 N–H and O–H groups in total. The monoisotopic (exact) mass is 304 g/mol. The van der Waals surface area contributed by atoms with Crippen LogP contribution in [-0.4, -0.2) is 25.5 Å². The minimum atomic E-state index is -0.509. The summed E-state index contributed by atoms with van der Waals surface area (Å²) in [5, 5.41) is 6.52. The molecule has 1 aliphatic carbocycles. The Kier molecular flexibility index (Phi) is 4.22. The van der Waals surface area contributed by atoms with Gasteiger partial charge in [-0.25, -0.2) is 4.39 Å². The van der Waals surface area contributed by atoms with Gasteiger partial charge in [-0.05, 0) is 61.9 Å². The molecule has 1 aromatic carbocycles. The number of rotatable bonds is 4. The van der Waals surface area contributed by atoms with Crippen molar-refractivity contribution in [1.29, 1.82) is 0 Å². The van der Waals surface area contributed by atoms with Crippen molar-refractivity contribution < 1.29 is 9.18 Å². The zero-order valence-electron chi connectivity index (χ0n) is 13.3. The van der Waals surface area contributed by atoms with Gasteiger partial charge in [0.15, 0.2) is 0 Å². The molecule has 0 aromatic heterocycles. The summed E-state index contributed by atoms with van der Waals surface area (Å²) in [6.07, 6.45) is 4.84. The maximum Gasteiger partial charge on any atom is 0.230 e. The topological polar surface area (TPSA) is 41.1 Å². The first kappa shape index (κ1) is 15.5. The molecule has 1 aliphatic heterocycles. The van der Waals surface area contributed by atoms with Crippen molar-refractivity contribution in [2.75, 3.05) is 19.6 Å². The summed E-state index contributed by atoms with van der Waals surface area (Å²) >= 11 is 0. The lowest BCUT2D eigenvalue weighted by atomic mass is 9.63. The molecule has 3 rings (SSSR count). The Morgan fingerprint density at radius 2 is 2.00 bits per heavy atom. The lowest BCUT2D eigenvalue weighted by molar-refractivity contribution is -0.130. The van der Waals surface area contributed by atoms with Gasteiger partial charge in [-0.3, -0.25) is 4.79 Å². The smallest absolute Gasteiger partial charge is 0.230 e. The quantitative estimate of drug-likeness (QED) is 0.898. The van der Waals surface area contributed by atoms with E-state index < -0.39 is 5.41 Å². The Morgan fingerprint density at radius 3 is 2.59 bits per heavy atom. The van der Waals surface area contributed by atoms with Crippen LogP contribution < -0.4 is 10.6 Å². The molecule has 1 amide bonds. The van der Waals surface area contributed by atoms with Gasteiger partial charge < -0.3 is 10.6 Å². The van der Waals surface area contributed by atoms with E-state index in [9.17, 15) is 9.18 Å². The molecule has 120 valence electrons. The Hall–Kier alpha value is -1.42. The molecular weight excluding hydrogens is 279 g/mol. The molecule has 22 heavy (non-hydrogen) atoms. The summed E-state index contributed by atoms with van der Waals surface area (Å²) in [5.74, 6) is -0.189. The van der Waals surface area contributed by atoms with Crippen molar-refractivity contribution in [3.8, 4) is 0 Å². The lowest BCUT2D eigenvalue weighted by Gasteiger charge is -2.42. The van der Waals surface area contributed by atoms with E-state index in [1.165, 1.54) is 12.1 Å². The van der Waals surface area contributed by atoms with Crippen LogP contribution in [0.1, 0.15) is 44.6 Å². The van der Waals surface area contributed by atoms with Crippen LogP contribution in [0.3, 0.4) is 0 Å². The van der Waals surface area contributed by atoms with Crippen molar-refractivity contribution in [3.63, 3.8) is 0 Å². The van der Waals surface area contributed by atoms with Crippen LogP contribution >= 0.6 is 0 Å². The molecule has 4 heteroatoms. The first-order chi connectivity index (χ1) is 10.5.